The van der Waals surface area contributed by atoms with Crippen LogP contribution in [-0.2, 0) is 14.3 Å². The van der Waals surface area contributed by atoms with E-state index < -0.39 is 0 Å². The van der Waals surface area contributed by atoms with Crippen LogP contribution < -0.4 is 0 Å². The van der Waals surface area contributed by atoms with Gasteiger partial charge in [-0.3, -0.25) is 9.59 Å². The van der Waals surface area contributed by atoms with Crippen molar-refractivity contribution in [2.75, 3.05) is 0 Å². The summed E-state index contributed by atoms with van der Waals surface area (Å²) >= 11 is 0. The molecule has 0 aliphatic rings. The predicted octanol–water partition coefficient (Wildman–Crippen LogP) is 11.7. The molecular formula is C34H66O3. The Labute approximate surface area is 232 Å². The van der Waals surface area contributed by atoms with Crippen LogP contribution in [0.5, 0.6) is 0 Å². The summed E-state index contributed by atoms with van der Waals surface area (Å²) in [4.78, 5) is 23.7. The molecule has 0 amide bonds. The number of hydrogen-bond donors (Lipinski definition) is 0. The van der Waals surface area contributed by atoms with Gasteiger partial charge in [0.15, 0.2) is 0 Å². The first-order chi connectivity index (χ1) is 18.1. The predicted molar refractivity (Wildman–Crippen MR) is 161 cm³/mol. The van der Waals surface area contributed by atoms with Crippen LogP contribution >= 0.6 is 0 Å². The van der Waals surface area contributed by atoms with Crippen LogP contribution in [0.2, 0.25) is 0 Å². The summed E-state index contributed by atoms with van der Waals surface area (Å²) in [7, 11) is 0. The van der Waals surface area contributed by atoms with E-state index in [0.29, 0.717) is 12.8 Å². The van der Waals surface area contributed by atoms with Crippen molar-refractivity contribution >= 4 is 11.9 Å². The molecule has 0 atom stereocenters. The Kier molecular flexibility index (Phi) is 29.0. The SMILES string of the molecule is CCCCCCCCCCCCCCCCCCCC(=O)OC(=O)CCCCCCCCCCC(C)C. The molecule has 0 aromatic rings. The van der Waals surface area contributed by atoms with Gasteiger partial charge in [0.1, 0.15) is 0 Å². The van der Waals surface area contributed by atoms with Crippen molar-refractivity contribution in [1.82, 2.24) is 0 Å². The highest BCUT2D eigenvalue weighted by Gasteiger charge is 2.10. The molecule has 37 heavy (non-hydrogen) atoms. The Morgan fingerprint density at radius 1 is 0.432 bits per heavy atom. The molecule has 0 heterocycles. The van der Waals surface area contributed by atoms with Gasteiger partial charge in [0.25, 0.3) is 0 Å². The molecule has 0 aliphatic carbocycles. The van der Waals surface area contributed by atoms with Gasteiger partial charge in [0.2, 0.25) is 0 Å². The normalized spacial score (nSPS) is 11.4. The van der Waals surface area contributed by atoms with Crippen molar-refractivity contribution in [1.29, 1.82) is 0 Å². The minimum Gasteiger partial charge on any atom is -0.393 e. The molecule has 0 aromatic heterocycles. The highest BCUT2D eigenvalue weighted by molar-refractivity contribution is 5.85. The first kappa shape index (κ1) is 36.1. The summed E-state index contributed by atoms with van der Waals surface area (Å²) in [5, 5.41) is 0. The van der Waals surface area contributed by atoms with E-state index in [9.17, 15) is 9.59 Å². The molecule has 0 radical (unpaired) electrons. The Morgan fingerprint density at radius 2 is 0.703 bits per heavy atom. The minimum atomic E-state index is -0.328. The number of ether oxygens (including phenoxy) is 1. The lowest BCUT2D eigenvalue weighted by atomic mass is 10.0. The fraction of sp³-hybridized carbons (Fsp3) is 0.941. The molecule has 3 heteroatoms. The largest absolute Gasteiger partial charge is 0.393 e. The van der Waals surface area contributed by atoms with Gasteiger partial charge in [-0.15, -0.1) is 0 Å². The highest BCUT2D eigenvalue weighted by atomic mass is 16.6. The minimum absolute atomic E-state index is 0.327. The second-order valence-corrected chi connectivity index (χ2v) is 12.0. The average molecular weight is 523 g/mol. The number of carbonyl (C=O) groups is 2. The second kappa shape index (κ2) is 29.7. The van der Waals surface area contributed by atoms with Crippen molar-refractivity contribution in [3.8, 4) is 0 Å². The number of carbonyl (C=O) groups excluding carboxylic acids is 2. The molecule has 0 aliphatic heterocycles. The maximum absolute atomic E-state index is 11.9. The quantitative estimate of drug-likeness (QED) is 0.0557. The first-order valence-electron chi connectivity index (χ1n) is 16.8. The van der Waals surface area contributed by atoms with E-state index >= 15 is 0 Å². The van der Waals surface area contributed by atoms with E-state index in [-0.39, 0.29) is 11.9 Å². The van der Waals surface area contributed by atoms with E-state index in [1.807, 2.05) is 0 Å². The van der Waals surface area contributed by atoms with Crippen molar-refractivity contribution < 1.29 is 14.3 Å². The smallest absolute Gasteiger partial charge is 0.313 e. The van der Waals surface area contributed by atoms with E-state index in [0.717, 1.165) is 31.6 Å². The Hall–Kier alpha value is -0.860. The first-order valence-corrected chi connectivity index (χ1v) is 16.8. The fourth-order valence-electron chi connectivity index (χ4n) is 5.11. The third-order valence-corrected chi connectivity index (χ3v) is 7.62. The molecule has 3 nitrogen and oxygen atoms in total. The zero-order valence-corrected chi connectivity index (χ0v) is 25.6. The van der Waals surface area contributed by atoms with E-state index in [4.69, 9.17) is 4.74 Å². The number of hydrogen-bond acceptors (Lipinski definition) is 3. The van der Waals surface area contributed by atoms with Crippen LogP contribution in [0, 0.1) is 5.92 Å². The summed E-state index contributed by atoms with van der Waals surface area (Å²) in [6.07, 6.45) is 34.4. The van der Waals surface area contributed by atoms with Crippen molar-refractivity contribution in [3.05, 3.63) is 0 Å². The Morgan fingerprint density at radius 3 is 1.00 bits per heavy atom. The van der Waals surface area contributed by atoms with Crippen molar-refractivity contribution in [3.63, 3.8) is 0 Å². The van der Waals surface area contributed by atoms with E-state index in [1.54, 1.807) is 0 Å². The highest BCUT2D eigenvalue weighted by Crippen LogP contribution is 2.15. The van der Waals surface area contributed by atoms with Crippen LogP contribution in [-0.4, -0.2) is 11.9 Å². The molecule has 0 aromatic carbocycles. The molecule has 0 unspecified atom stereocenters. The average Bonchev–Trinajstić information content (AvgIpc) is 2.86. The Balaban J connectivity index is 3.28. The summed E-state index contributed by atoms with van der Waals surface area (Å²) in [5.74, 6) is 0.170. The number of esters is 2. The maximum atomic E-state index is 11.9. The van der Waals surface area contributed by atoms with Gasteiger partial charge in [-0.05, 0) is 18.8 Å². The molecule has 0 bridgehead atoms. The van der Waals surface area contributed by atoms with Crippen LogP contribution in [0.25, 0.3) is 0 Å². The van der Waals surface area contributed by atoms with Gasteiger partial charge < -0.3 is 4.74 Å². The van der Waals surface area contributed by atoms with E-state index in [2.05, 4.69) is 20.8 Å². The molecule has 0 fully saturated rings. The zero-order valence-electron chi connectivity index (χ0n) is 25.6. The third kappa shape index (κ3) is 31.3. The molecule has 0 saturated heterocycles. The summed E-state index contributed by atoms with van der Waals surface area (Å²) in [6.45, 7) is 6.87. The molecule has 0 rings (SSSR count). The molecular weight excluding hydrogens is 456 g/mol. The lowest BCUT2D eigenvalue weighted by molar-refractivity contribution is -0.159. The van der Waals surface area contributed by atoms with Crippen LogP contribution in [0.3, 0.4) is 0 Å². The topological polar surface area (TPSA) is 43.4 Å². The summed E-state index contributed by atoms with van der Waals surface area (Å²) in [5.41, 5.74) is 0. The molecule has 0 saturated carbocycles. The third-order valence-electron chi connectivity index (χ3n) is 7.62. The monoisotopic (exact) mass is 523 g/mol. The second-order valence-electron chi connectivity index (χ2n) is 12.0. The van der Waals surface area contributed by atoms with Crippen molar-refractivity contribution in [2.24, 2.45) is 5.92 Å². The van der Waals surface area contributed by atoms with Gasteiger partial charge in [-0.1, -0.05) is 175 Å². The van der Waals surface area contributed by atoms with Gasteiger partial charge in [-0.2, -0.15) is 0 Å². The van der Waals surface area contributed by atoms with Crippen molar-refractivity contribution in [2.45, 2.75) is 201 Å². The van der Waals surface area contributed by atoms with Gasteiger partial charge in [0.05, 0.1) is 0 Å². The fourth-order valence-corrected chi connectivity index (χ4v) is 5.11. The lowest BCUT2D eigenvalue weighted by Gasteiger charge is -2.05. The number of rotatable bonds is 29. The standard InChI is InChI=1S/C34H66O3/c1-4-5-6-7-8-9-10-11-12-13-14-15-16-17-21-24-27-30-33(35)37-34(36)31-28-25-22-19-18-20-23-26-29-32(2)3/h32H,4-31H2,1-3H3. The maximum Gasteiger partial charge on any atom is 0.313 e. The Bertz CT molecular complexity index is 485. The number of unbranched alkanes of at least 4 members (excludes halogenated alkanes) is 23. The van der Waals surface area contributed by atoms with Crippen LogP contribution in [0.1, 0.15) is 201 Å². The lowest BCUT2D eigenvalue weighted by Crippen LogP contribution is -2.11. The van der Waals surface area contributed by atoms with E-state index in [1.165, 1.54) is 141 Å². The molecule has 220 valence electrons. The van der Waals surface area contributed by atoms with Gasteiger partial charge >= 0.3 is 11.9 Å². The van der Waals surface area contributed by atoms with Crippen LogP contribution in [0.4, 0.5) is 0 Å². The molecule has 0 spiro atoms. The summed E-state index contributed by atoms with van der Waals surface area (Å²) in [6, 6.07) is 0. The van der Waals surface area contributed by atoms with Gasteiger partial charge in [0, 0.05) is 12.8 Å². The molecule has 0 N–H and O–H groups in total. The van der Waals surface area contributed by atoms with Gasteiger partial charge in [-0.25, -0.2) is 0 Å². The zero-order chi connectivity index (χ0) is 27.2. The summed E-state index contributed by atoms with van der Waals surface area (Å²) < 4.78 is 4.99. The van der Waals surface area contributed by atoms with Crippen LogP contribution in [0.15, 0.2) is 0 Å².